The first-order valence-electron chi connectivity index (χ1n) is 11.8. The number of aryl methyl sites for hydroxylation is 1. The molecule has 3 heterocycles. The van der Waals surface area contributed by atoms with Crippen molar-refractivity contribution in [3.63, 3.8) is 0 Å². The number of ether oxygens (including phenoxy) is 1. The Bertz CT molecular complexity index is 1360. The maximum absolute atomic E-state index is 13.2. The van der Waals surface area contributed by atoms with Gasteiger partial charge in [-0.1, -0.05) is 24.3 Å². The summed E-state index contributed by atoms with van der Waals surface area (Å²) in [5.41, 5.74) is 3.18. The summed E-state index contributed by atoms with van der Waals surface area (Å²) >= 11 is 0. The van der Waals surface area contributed by atoms with E-state index in [-0.39, 0.29) is 25.2 Å². The van der Waals surface area contributed by atoms with E-state index in [0.29, 0.717) is 17.7 Å². The minimum Gasteiger partial charge on any atom is -0.364 e. The summed E-state index contributed by atoms with van der Waals surface area (Å²) in [5.74, 6) is 0.587. The normalized spacial score (nSPS) is 16.6. The molecule has 1 saturated heterocycles. The lowest BCUT2D eigenvalue weighted by atomic mass is 9.94. The molecular weight excluding hydrogens is 471 g/mol. The van der Waals surface area contributed by atoms with E-state index in [4.69, 9.17) is 4.74 Å². The van der Waals surface area contributed by atoms with Crippen LogP contribution in [0.1, 0.15) is 42.4 Å². The molecule has 0 spiro atoms. The quantitative estimate of drug-likeness (QED) is 0.395. The topological polar surface area (TPSA) is 76.0 Å². The molecule has 1 aliphatic rings. The lowest BCUT2D eigenvalue weighted by molar-refractivity contribution is -0.140. The van der Waals surface area contributed by atoms with Crippen molar-refractivity contribution in [1.82, 2.24) is 24.6 Å². The number of H-pyrrole nitrogens is 1. The summed E-state index contributed by atoms with van der Waals surface area (Å²) in [7, 11) is 1.91. The number of benzene rings is 2. The van der Waals surface area contributed by atoms with Gasteiger partial charge in [0.05, 0.1) is 34.5 Å². The Morgan fingerprint density at radius 1 is 1.14 bits per heavy atom. The third-order valence-electron chi connectivity index (χ3n) is 6.68. The van der Waals surface area contributed by atoms with Crippen LogP contribution in [-0.4, -0.2) is 43.7 Å². The molecule has 0 saturated carbocycles. The van der Waals surface area contributed by atoms with E-state index in [2.05, 4.69) is 15.2 Å². The molecule has 1 atom stereocenters. The largest absolute Gasteiger partial charge is 0.416 e. The molecule has 0 bridgehead atoms. The average Bonchev–Trinajstić information content (AvgIpc) is 3.49. The van der Waals surface area contributed by atoms with Gasteiger partial charge < -0.3 is 14.2 Å². The second-order valence-electron chi connectivity index (χ2n) is 8.94. The number of hydrogen-bond donors (Lipinski definition) is 1. The zero-order valence-electron chi connectivity index (χ0n) is 19.8. The van der Waals surface area contributed by atoms with E-state index in [0.717, 1.165) is 53.9 Å². The van der Waals surface area contributed by atoms with Gasteiger partial charge in [-0.3, -0.25) is 9.89 Å². The number of carbonyl (C=O) groups excluding carboxylic acids is 1. The fraction of sp³-hybridized carbons (Fsp3) is 0.346. The number of para-hydroxylation sites is 2. The summed E-state index contributed by atoms with van der Waals surface area (Å²) in [6.45, 7) is 0.685. The van der Waals surface area contributed by atoms with E-state index in [9.17, 15) is 18.0 Å². The highest BCUT2D eigenvalue weighted by Gasteiger charge is 2.32. The molecule has 1 amide bonds. The minimum absolute atomic E-state index is 0.0938. The summed E-state index contributed by atoms with van der Waals surface area (Å²) < 4.78 is 46.6. The van der Waals surface area contributed by atoms with Gasteiger partial charge in [0, 0.05) is 19.2 Å². The SMILES string of the molecule is Cn1c(COCC(=O)N2CCCC[C@H]2c2[nH]ncc2-c2ccc(C(F)(F)F)cc2)nc2ccccc21. The number of amides is 1. The monoisotopic (exact) mass is 497 g/mol. The Hall–Kier alpha value is -3.66. The number of hydrogen-bond acceptors (Lipinski definition) is 4. The van der Waals surface area contributed by atoms with E-state index in [1.807, 2.05) is 35.9 Å². The molecule has 5 rings (SSSR count). The number of nitrogens with one attached hydrogen (secondary N) is 1. The number of imidazole rings is 1. The zero-order valence-corrected chi connectivity index (χ0v) is 19.8. The van der Waals surface area contributed by atoms with Gasteiger partial charge in [-0.05, 0) is 49.1 Å². The number of aromatic amines is 1. The lowest BCUT2D eigenvalue weighted by Crippen LogP contribution is -2.40. The summed E-state index contributed by atoms with van der Waals surface area (Å²) in [6.07, 6.45) is -0.271. The molecule has 188 valence electrons. The van der Waals surface area contributed by atoms with Gasteiger partial charge in [-0.25, -0.2) is 4.98 Å². The fourth-order valence-corrected chi connectivity index (χ4v) is 4.79. The van der Waals surface area contributed by atoms with E-state index < -0.39 is 11.7 Å². The van der Waals surface area contributed by atoms with Gasteiger partial charge in [-0.2, -0.15) is 18.3 Å². The van der Waals surface area contributed by atoms with Crippen LogP contribution in [0.15, 0.2) is 54.7 Å². The zero-order chi connectivity index (χ0) is 25.3. The molecule has 0 aliphatic carbocycles. The second-order valence-corrected chi connectivity index (χ2v) is 8.94. The molecule has 0 radical (unpaired) electrons. The number of nitrogens with zero attached hydrogens (tertiary/aromatic N) is 4. The number of rotatable bonds is 6. The first-order valence-corrected chi connectivity index (χ1v) is 11.8. The van der Waals surface area contributed by atoms with Crippen molar-refractivity contribution in [2.75, 3.05) is 13.2 Å². The van der Waals surface area contributed by atoms with Crippen LogP contribution in [0.25, 0.3) is 22.2 Å². The Morgan fingerprint density at radius 3 is 2.67 bits per heavy atom. The van der Waals surface area contributed by atoms with Crippen molar-refractivity contribution >= 4 is 16.9 Å². The summed E-state index contributed by atoms with van der Waals surface area (Å²) in [4.78, 5) is 19.5. The number of fused-ring (bicyclic) bond motifs is 1. The molecule has 7 nitrogen and oxygen atoms in total. The van der Waals surface area contributed by atoms with E-state index in [1.54, 1.807) is 11.1 Å². The molecule has 0 unspecified atom stereocenters. The number of aromatic nitrogens is 4. The van der Waals surface area contributed by atoms with Crippen LogP contribution in [0.4, 0.5) is 13.2 Å². The Morgan fingerprint density at radius 2 is 1.92 bits per heavy atom. The highest BCUT2D eigenvalue weighted by molar-refractivity contribution is 5.79. The van der Waals surface area contributed by atoms with E-state index in [1.165, 1.54) is 12.1 Å². The molecule has 36 heavy (non-hydrogen) atoms. The molecule has 2 aromatic carbocycles. The van der Waals surface area contributed by atoms with Crippen LogP contribution in [0.5, 0.6) is 0 Å². The molecule has 1 fully saturated rings. The number of piperidine rings is 1. The van der Waals surface area contributed by atoms with Crippen LogP contribution >= 0.6 is 0 Å². The number of likely N-dealkylation sites (tertiary alicyclic amines) is 1. The van der Waals surface area contributed by atoms with Crippen molar-refractivity contribution in [2.24, 2.45) is 7.05 Å². The molecular formula is C26H26F3N5O2. The van der Waals surface area contributed by atoms with Crippen LogP contribution in [0.3, 0.4) is 0 Å². The van der Waals surface area contributed by atoms with Crippen molar-refractivity contribution in [1.29, 1.82) is 0 Å². The number of halogens is 3. The third kappa shape index (κ3) is 4.73. The van der Waals surface area contributed by atoms with Crippen LogP contribution < -0.4 is 0 Å². The Kier molecular flexibility index (Phi) is 6.53. The van der Waals surface area contributed by atoms with Gasteiger partial charge in [-0.15, -0.1) is 0 Å². The molecule has 1 N–H and O–H groups in total. The Labute approximate surface area is 205 Å². The molecule has 4 aromatic rings. The van der Waals surface area contributed by atoms with Gasteiger partial charge in [0.25, 0.3) is 0 Å². The van der Waals surface area contributed by atoms with Crippen LogP contribution in [0.2, 0.25) is 0 Å². The van der Waals surface area contributed by atoms with Crippen molar-refractivity contribution in [3.8, 4) is 11.1 Å². The number of alkyl halides is 3. The second kappa shape index (κ2) is 9.77. The smallest absolute Gasteiger partial charge is 0.364 e. The molecule has 2 aromatic heterocycles. The van der Waals surface area contributed by atoms with Gasteiger partial charge in [0.2, 0.25) is 5.91 Å². The molecule has 1 aliphatic heterocycles. The first kappa shape index (κ1) is 24.1. The number of carbonyl (C=O) groups is 1. The first-order chi connectivity index (χ1) is 17.3. The predicted molar refractivity (Wildman–Crippen MR) is 128 cm³/mol. The third-order valence-corrected chi connectivity index (χ3v) is 6.68. The summed E-state index contributed by atoms with van der Waals surface area (Å²) in [5, 5.41) is 7.13. The minimum atomic E-state index is -4.40. The van der Waals surface area contributed by atoms with Crippen LogP contribution in [-0.2, 0) is 29.4 Å². The van der Waals surface area contributed by atoms with Gasteiger partial charge in [0.1, 0.15) is 19.0 Å². The lowest BCUT2D eigenvalue weighted by Gasteiger charge is -2.35. The maximum atomic E-state index is 13.2. The van der Waals surface area contributed by atoms with Gasteiger partial charge >= 0.3 is 6.18 Å². The fourth-order valence-electron chi connectivity index (χ4n) is 4.79. The van der Waals surface area contributed by atoms with Crippen LogP contribution in [0, 0.1) is 0 Å². The van der Waals surface area contributed by atoms with Gasteiger partial charge in [0.15, 0.2) is 0 Å². The Balaban J connectivity index is 1.29. The summed E-state index contributed by atoms with van der Waals surface area (Å²) in [6, 6.07) is 12.5. The maximum Gasteiger partial charge on any atom is 0.416 e. The van der Waals surface area contributed by atoms with Crippen molar-refractivity contribution in [2.45, 2.75) is 38.1 Å². The predicted octanol–water partition coefficient (Wildman–Crippen LogP) is 5.25. The standard InChI is InChI=1S/C26H26F3N5O2/c1-33-21-7-3-2-6-20(21)31-23(33)15-36-16-24(35)34-13-5-4-8-22(34)25-19(14-30-32-25)17-9-11-18(12-10-17)26(27,28)29/h2-3,6-7,9-12,14,22H,4-5,8,13,15-16H2,1H3,(H,30,32)/t22-/m0/s1. The average molecular weight is 498 g/mol. The highest BCUT2D eigenvalue weighted by atomic mass is 19.4. The molecule has 10 heteroatoms. The van der Waals surface area contributed by atoms with Crippen molar-refractivity contribution < 1.29 is 22.7 Å². The van der Waals surface area contributed by atoms with E-state index >= 15 is 0 Å². The highest BCUT2D eigenvalue weighted by Crippen LogP contribution is 2.37. The van der Waals surface area contributed by atoms with Crippen molar-refractivity contribution in [3.05, 3.63) is 71.8 Å².